The number of aliphatic hydroxyl groups is 1. The van der Waals surface area contributed by atoms with Crippen molar-refractivity contribution in [3.8, 4) is 0 Å². The zero-order valence-corrected chi connectivity index (χ0v) is 18.8. The van der Waals surface area contributed by atoms with Gasteiger partial charge in [0.2, 0.25) is 0 Å². The molecule has 0 spiro atoms. The smallest absolute Gasteiger partial charge is 0.0716 e. The van der Waals surface area contributed by atoms with Crippen LogP contribution in [0.25, 0.3) is 0 Å². The third-order valence-electron chi connectivity index (χ3n) is 5.68. The van der Waals surface area contributed by atoms with Crippen LogP contribution in [0.4, 0.5) is 0 Å². The van der Waals surface area contributed by atoms with E-state index in [9.17, 15) is 5.11 Å². The summed E-state index contributed by atoms with van der Waals surface area (Å²) in [7, 11) is 0. The summed E-state index contributed by atoms with van der Waals surface area (Å²) in [4.78, 5) is 0. The van der Waals surface area contributed by atoms with Crippen LogP contribution in [0.2, 0.25) is 0 Å². The second-order valence-corrected chi connectivity index (χ2v) is 8.78. The molecule has 0 aromatic heterocycles. The summed E-state index contributed by atoms with van der Waals surface area (Å²) in [5.74, 6) is 0. The molecular weight excluding hydrogens is 344 g/mol. The van der Waals surface area contributed by atoms with Crippen molar-refractivity contribution in [3.05, 3.63) is 35.9 Å². The SMILES string of the molecule is CCCCCCCCCCCC(C)(O)CCCCCCOCc1ccccc1. The maximum Gasteiger partial charge on any atom is 0.0716 e. The fourth-order valence-electron chi connectivity index (χ4n) is 3.77. The van der Waals surface area contributed by atoms with E-state index in [1.54, 1.807) is 0 Å². The number of hydrogen-bond donors (Lipinski definition) is 1. The standard InChI is InChI=1S/C26H46O2/c1-3-4-5-6-7-8-9-10-16-21-26(2,27)22-17-11-12-18-23-28-24-25-19-14-13-15-20-25/h13-15,19-20,27H,3-12,16-18,21-24H2,1-2H3. The molecule has 0 aliphatic heterocycles. The highest BCUT2D eigenvalue weighted by Gasteiger charge is 2.18. The number of unbranched alkanes of at least 4 members (excludes halogenated alkanes) is 11. The maximum absolute atomic E-state index is 10.6. The van der Waals surface area contributed by atoms with Crippen molar-refractivity contribution in [1.82, 2.24) is 0 Å². The Morgan fingerprint density at radius 1 is 0.714 bits per heavy atom. The lowest BCUT2D eigenvalue weighted by molar-refractivity contribution is 0.0363. The molecule has 0 saturated carbocycles. The first-order valence-electron chi connectivity index (χ1n) is 12.0. The third kappa shape index (κ3) is 15.1. The Labute approximate surface area is 175 Å². The van der Waals surface area contributed by atoms with E-state index in [0.29, 0.717) is 6.61 Å². The molecule has 162 valence electrons. The van der Waals surface area contributed by atoms with Gasteiger partial charge in [0.15, 0.2) is 0 Å². The van der Waals surface area contributed by atoms with E-state index in [-0.39, 0.29) is 0 Å². The monoisotopic (exact) mass is 390 g/mol. The molecule has 1 aromatic rings. The van der Waals surface area contributed by atoms with E-state index in [0.717, 1.165) is 32.3 Å². The third-order valence-corrected chi connectivity index (χ3v) is 5.68. The maximum atomic E-state index is 10.6. The summed E-state index contributed by atoms with van der Waals surface area (Å²) in [6, 6.07) is 10.4. The summed E-state index contributed by atoms with van der Waals surface area (Å²) >= 11 is 0. The molecule has 2 heteroatoms. The molecule has 0 aliphatic rings. The largest absolute Gasteiger partial charge is 0.390 e. The van der Waals surface area contributed by atoms with Gasteiger partial charge in [-0.3, -0.25) is 0 Å². The lowest BCUT2D eigenvalue weighted by atomic mass is 9.91. The summed E-state index contributed by atoms with van der Waals surface area (Å²) < 4.78 is 5.73. The van der Waals surface area contributed by atoms with Crippen LogP contribution in [0, 0.1) is 0 Å². The van der Waals surface area contributed by atoms with Gasteiger partial charge in [0.25, 0.3) is 0 Å². The van der Waals surface area contributed by atoms with E-state index in [4.69, 9.17) is 4.74 Å². The van der Waals surface area contributed by atoms with Crippen LogP contribution in [-0.2, 0) is 11.3 Å². The van der Waals surface area contributed by atoms with Crippen molar-refractivity contribution >= 4 is 0 Å². The molecule has 0 radical (unpaired) electrons. The van der Waals surface area contributed by atoms with E-state index in [2.05, 4.69) is 31.2 Å². The van der Waals surface area contributed by atoms with Crippen LogP contribution in [0.15, 0.2) is 30.3 Å². The van der Waals surface area contributed by atoms with Gasteiger partial charge in [0.05, 0.1) is 12.2 Å². The van der Waals surface area contributed by atoms with Gasteiger partial charge in [-0.15, -0.1) is 0 Å². The van der Waals surface area contributed by atoms with Crippen LogP contribution in [-0.4, -0.2) is 17.3 Å². The van der Waals surface area contributed by atoms with E-state index in [1.165, 1.54) is 76.2 Å². The molecule has 0 saturated heterocycles. The number of rotatable bonds is 19. The van der Waals surface area contributed by atoms with E-state index in [1.807, 2.05) is 13.0 Å². The zero-order valence-electron chi connectivity index (χ0n) is 18.8. The highest BCUT2D eigenvalue weighted by Crippen LogP contribution is 2.22. The highest BCUT2D eigenvalue weighted by atomic mass is 16.5. The molecule has 1 unspecified atom stereocenters. The molecule has 0 amide bonds. The van der Waals surface area contributed by atoms with Gasteiger partial charge < -0.3 is 9.84 Å². The Balaban J connectivity index is 1.86. The van der Waals surface area contributed by atoms with Crippen LogP contribution >= 0.6 is 0 Å². The molecule has 2 nitrogen and oxygen atoms in total. The predicted octanol–water partition coefficient (Wildman–Crippen LogP) is 7.83. The molecule has 0 heterocycles. The fraction of sp³-hybridized carbons (Fsp3) is 0.769. The van der Waals surface area contributed by atoms with Gasteiger partial charge >= 0.3 is 0 Å². The first kappa shape index (κ1) is 25.2. The Morgan fingerprint density at radius 3 is 1.79 bits per heavy atom. The first-order chi connectivity index (χ1) is 13.6. The van der Waals surface area contributed by atoms with Gasteiger partial charge in [-0.25, -0.2) is 0 Å². The molecular formula is C26H46O2. The molecule has 1 N–H and O–H groups in total. The van der Waals surface area contributed by atoms with Crippen molar-refractivity contribution in [2.75, 3.05) is 6.61 Å². The Hall–Kier alpha value is -0.860. The molecule has 1 atom stereocenters. The van der Waals surface area contributed by atoms with Crippen molar-refractivity contribution in [2.24, 2.45) is 0 Å². The molecule has 0 fully saturated rings. The zero-order chi connectivity index (χ0) is 20.3. The van der Waals surface area contributed by atoms with Crippen LogP contribution in [0.3, 0.4) is 0 Å². The minimum Gasteiger partial charge on any atom is -0.390 e. The quantitative estimate of drug-likeness (QED) is 0.244. The van der Waals surface area contributed by atoms with Crippen LogP contribution in [0.5, 0.6) is 0 Å². The lowest BCUT2D eigenvalue weighted by Crippen LogP contribution is -2.23. The molecule has 1 aromatic carbocycles. The van der Waals surface area contributed by atoms with Gasteiger partial charge in [-0.05, 0) is 31.7 Å². The summed E-state index contributed by atoms with van der Waals surface area (Å²) in [6.45, 7) is 5.85. The number of ether oxygens (including phenoxy) is 1. The summed E-state index contributed by atoms with van der Waals surface area (Å²) in [6.07, 6.45) is 18.6. The Bertz CT molecular complexity index is 441. The van der Waals surface area contributed by atoms with Crippen LogP contribution < -0.4 is 0 Å². The molecule has 28 heavy (non-hydrogen) atoms. The highest BCUT2D eigenvalue weighted by molar-refractivity contribution is 5.13. The predicted molar refractivity (Wildman–Crippen MR) is 122 cm³/mol. The molecule has 1 rings (SSSR count). The Morgan fingerprint density at radius 2 is 1.21 bits per heavy atom. The van der Waals surface area contributed by atoms with E-state index >= 15 is 0 Å². The van der Waals surface area contributed by atoms with Gasteiger partial charge in [-0.2, -0.15) is 0 Å². The molecule has 0 bridgehead atoms. The lowest BCUT2D eigenvalue weighted by Gasteiger charge is -2.23. The topological polar surface area (TPSA) is 29.5 Å². The van der Waals surface area contributed by atoms with Crippen molar-refractivity contribution in [1.29, 1.82) is 0 Å². The minimum atomic E-state index is -0.467. The average Bonchev–Trinajstić information content (AvgIpc) is 2.69. The summed E-state index contributed by atoms with van der Waals surface area (Å²) in [5.41, 5.74) is 0.778. The fourth-order valence-corrected chi connectivity index (χ4v) is 3.77. The van der Waals surface area contributed by atoms with Crippen molar-refractivity contribution in [2.45, 2.75) is 122 Å². The van der Waals surface area contributed by atoms with Gasteiger partial charge in [-0.1, -0.05) is 114 Å². The minimum absolute atomic E-state index is 0.467. The number of benzene rings is 1. The van der Waals surface area contributed by atoms with Crippen molar-refractivity contribution in [3.63, 3.8) is 0 Å². The first-order valence-corrected chi connectivity index (χ1v) is 12.0. The second kappa shape index (κ2) is 17.0. The summed E-state index contributed by atoms with van der Waals surface area (Å²) in [5, 5.41) is 10.6. The Kier molecular flexibility index (Phi) is 15.3. The van der Waals surface area contributed by atoms with Gasteiger partial charge in [0.1, 0.15) is 0 Å². The molecule has 0 aliphatic carbocycles. The van der Waals surface area contributed by atoms with Crippen LogP contribution in [0.1, 0.15) is 116 Å². The average molecular weight is 391 g/mol. The second-order valence-electron chi connectivity index (χ2n) is 8.78. The van der Waals surface area contributed by atoms with E-state index < -0.39 is 5.60 Å². The van der Waals surface area contributed by atoms with Gasteiger partial charge in [0, 0.05) is 6.61 Å². The number of hydrogen-bond acceptors (Lipinski definition) is 2. The normalized spacial score (nSPS) is 13.5. The van der Waals surface area contributed by atoms with Crippen molar-refractivity contribution < 1.29 is 9.84 Å².